The second kappa shape index (κ2) is 6.33. The lowest BCUT2D eigenvalue weighted by atomic mass is 10.0. The van der Waals surface area contributed by atoms with E-state index in [1.165, 1.54) is 18.5 Å². The van der Waals surface area contributed by atoms with Crippen LogP contribution < -0.4 is 5.32 Å². The van der Waals surface area contributed by atoms with E-state index in [1.807, 2.05) is 0 Å². The summed E-state index contributed by atoms with van der Waals surface area (Å²) >= 11 is 0. The fourth-order valence-electron chi connectivity index (χ4n) is 1.45. The largest absolute Gasteiger partial charge is 0.480 e. The lowest BCUT2D eigenvalue weighted by Crippen LogP contribution is -2.46. The molecule has 7 nitrogen and oxygen atoms in total. The molecule has 0 aliphatic rings. The molecule has 3 N–H and O–H groups in total. The minimum absolute atomic E-state index is 0.288. The molecule has 0 saturated carbocycles. The first-order valence-electron chi connectivity index (χ1n) is 6.01. The maximum Gasteiger partial charge on any atom is 0.408 e. The Balaban J connectivity index is 2.80. The van der Waals surface area contributed by atoms with E-state index < -0.39 is 29.8 Å². The van der Waals surface area contributed by atoms with E-state index in [9.17, 15) is 14.7 Å². The van der Waals surface area contributed by atoms with Crippen LogP contribution in [-0.4, -0.2) is 38.9 Å². The second-order valence-electron chi connectivity index (χ2n) is 5.19. The number of amides is 1. The summed E-state index contributed by atoms with van der Waals surface area (Å²) in [6.07, 6.45) is 0.492. The zero-order valence-electron chi connectivity index (χ0n) is 11.5. The number of carbonyl (C=O) groups is 2. The lowest BCUT2D eigenvalue weighted by Gasteiger charge is -2.24. The van der Waals surface area contributed by atoms with Gasteiger partial charge in [0.1, 0.15) is 11.7 Å². The zero-order chi connectivity index (χ0) is 15.3. The van der Waals surface area contributed by atoms with Gasteiger partial charge in [-0.2, -0.15) is 0 Å². The van der Waals surface area contributed by atoms with E-state index in [-0.39, 0.29) is 5.56 Å². The van der Waals surface area contributed by atoms with Gasteiger partial charge in [0.25, 0.3) is 0 Å². The van der Waals surface area contributed by atoms with Crippen LogP contribution in [0.4, 0.5) is 4.79 Å². The third-order valence-corrected chi connectivity index (χ3v) is 2.28. The maximum absolute atomic E-state index is 11.6. The van der Waals surface area contributed by atoms with Crippen LogP contribution in [-0.2, 0) is 9.53 Å². The van der Waals surface area contributed by atoms with Crippen molar-refractivity contribution in [1.82, 2.24) is 10.3 Å². The Morgan fingerprint density at radius 3 is 2.50 bits per heavy atom. The number of aliphatic hydroxyl groups is 1. The van der Waals surface area contributed by atoms with Crippen molar-refractivity contribution < 1.29 is 24.5 Å². The minimum Gasteiger partial charge on any atom is -0.480 e. The molecule has 0 saturated heterocycles. The van der Waals surface area contributed by atoms with E-state index in [1.54, 1.807) is 26.8 Å². The standard InChI is InChI=1S/C13H18N2O5/c1-13(2,3)20-12(19)15-9(11(17)18)10(16)8-5-4-6-14-7-8/h4-7,9-10,16H,1-3H3,(H,15,19)(H,17,18)/t9-,10-/m1/s1. The number of ether oxygens (including phenoxy) is 1. The van der Waals surface area contributed by atoms with Crippen LogP contribution >= 0.6 is 0 Å². The van der Waals surface area contributed by atoms with Crippen molar-refractivity contribution in [1.29, 1.82) is 0 Å². The van der Waals surface area contributed by atoms with Crippen LogP contribution in [0, 0.1) is 0 Å². The van der Waals surface area contributed by atoms with Gasteiger partial charge in [-0.15, -0.1) is 0 Å². The Hall–Kier alpha value is -2.15. The van der Waals surface area contributed by atoms with Crippen LogP contribution in [0.5, 0.6) is 0 Å². The third kappa shape index (κ3) is 4.85. The first kappa shape index (κ1) is 15.9. The van der Waals surface area contributed by atoms with E-state index in [0.717, 1.165) is 0 Å². The Kier molecular flexibility index (Phi) is 5.04. The van der Waals surface area contributed by atoms with Crippen molar-refractivity contribution in [3.8, 4) is 0 Å². The van der Waals surface area contributed by atoms with Gasteiger partial charge < -0.3 is 20.3 Å². The second-order valence-corrected chi connectivity index (χ2v) is 5.19. The predicted octanol–water partition coefficient (Wildman–Crippen LogP) is 1.09. The van der Waals surface area contributed by atoms with Crippen LogP contribution in [0.3, 0.4) is 0 Å². The first-order valence-corrected chi connectivity index (χ1v) is 6.01. The van der Waals surface area contributed by atoms with Crippen LogP contribution in [0.1, 0.15) is 32.4 Å². The van der Waals surface area contributed by atoms with Crippen molar-refractivity contribution in [3.63, 3.8) is 0 Å². The van der Waals surface area contributed by atoms with Gasteiger partial charge in [-0.05, 0) is 26.8 Å². The number of nitrogens with zero attached hydrogens (tertiary/aromatic N) is 1. The molecule has 110 valence electrons. The number of rotatable bonds is 4. The first-order chi connectivity index (χ1) is 9.20. The van der Waals surface area contributed by atoms with Crippen molar-refractivity contribution in [2.24, 2.45) is 0 Å². The molecule has 1 aromatic rings. The van der Waals surface area contributed by atoms with Gasteiger partial charge in [0, 0.05) is 18.0 Å². The molecule has 0 unspecified atom stereocenters. The van der Waals surface area contributed by atoms with E-state index in [0.29, 0.717) is 0 Å². The van der Waals surface area contributed by atoms with Crippen LogP contribution in [0.25, 0.3) is 0 Å². The zero-order valence-corrected chi connectivity index (χ0v) is 11.5. The molecule has 2 atom stereocenters. The Bertz CT molecular complexity index is 469. The Morgan fingerprint density at radius 2 is 2.05 bits per heavy atom. The highest BCUT2D eigenvalue weighted by Gasteiger charge is 2.31. The van der Waals surface area contributed by atoms with Crippen molar-refractivity contribution in [2.75, 3.05) is 0 Å². The van der Waals surface area contributed by atoms with E-state index in [2.05, 4.69) is 10.3 Å². The minimum atomic E-state index is -1.52. The number of aliphatic hydroxyl groups excluding tert-OH is 1. The Labute approximate surface area is 116 Å². The summed E-state index contributed by atoms with van der Waals surface area (Å²) in [5.41, 5.74) is -0.470. The van der Waals surface area contributed by atoms with Crippen LogP contribution in [0.15, 0.2) is 24.5 Å². The number of aliphatic carboxylic acids is 1. The highest BCUT2D eigenvalue weighted by Crippen LogP contribution is 2.16. The number of carboxylic acids is 1. The molecule has 0 aromatic carbocycles. The summed E-state index contributed by atoms with van der Waals surface area (Å²) in [6.45, 7) is 4.96. The summed E-state index contributed by atoms with van der Waals surface area (Å²) in [5.74, 6) is -1.37. The molecule has 0 fully saturated rings. The monoisotopic (exact) mass is 282 g/mol. The number of aromatic nitrogens is 1. The van der Waals surface area contributed by atoms with E-state index in [4.69, 9.17) is 9.84 Å². The number of hydrogen-bond donors (Lipinski definition) is 3. The summed E-state index contributed by atoms with van der Waals surface area (Å²) in [6, 6.07) is 1.56. The highest BCUT2D eigenvalue weighted by molar-refractivity contribution is 5.80. The summed E-state index contributed by atoms with van der Waals surface area (Å²) in [4.78, 5) is 26.5. The molecule has 1 rings (SSSR count). The summed E-state index contributed by atoms with van der Waals surface area (Å²) < 4.78 is 4.96. The van der Waals surface area contributed by atoms with Crippen molar-refractivity contribution in [2.45, 2.75) is 38.5 Å². The van der Waals surface area contributed by atoms with Gasteiger partial charge in [0.2, 0.25) is 0 Å². The average molecular weight is 282 g/mol. The molecule has 0 radical (unpaired) electrons. The normalized spacial score (nSPS) is 14.2. The summed E-state index contributed by atoms with van der Waals surface area (Å²) in [7, 11) is 0. The van der Waals surface area contributed by atoms with E-state index >= 15 is 0 Å². The maximum atomic E-state index is 11.6. The van der Waals surface area contributed by atoms with Crippen molar-refractivity contribution in [3.05, 3.63) is 30.1 Å². The van der Waals surface area contributed by atoms with Gasteiger partial charge in [-0.3, -0.25) is 4.98 Å². The molecule has 1 heterocycles. The van der Waals surface area contributed by atoms with Gasteiger partial charge >= 0.3 is 12.1 Å². The molecule has 0 aliphatic heterocycles. The molecule has 0 aliphatic carbocycles. The molecule has 0 bridgehead atoms. The van der Waals surface area contributed by atoms with Gasteiger partial charge in [0.05, 0.1) is 0 Å². The number of nitrogens with one attached hydrogen (secondary N) is 1. The van der Waals surface area contributed by atoms with Crippen LogP contribution in [0.2, 0.25) is 0 Å². The molecule has 1 aromatic heterocycles. The molecule has 20 heavy (non-hydrogen) atoms. The molecular formula is C13H18N2O5. The van der Waals surface area contributed by atoms with Crippen molar-refractivity contribution >= 4 is 12.1 Å². The summed E-state index contributed by atoms with van der Waals surface area (Å²) in [5, 5.41) is 21.2. The molecule has 7 heteroatoms. The average Bonchev–Trinajstić information content (AvgIpc) is 2.34. The number of pyridine rings is 1. The SMILES string of the molecule is CC(C)(C)OC(=O)N[C@@H](C(=O)O)[C@H](O)c1cccnc1. The smallest absolute Gasteiger partial charge is 0.408 e. The molecular weight excluding hydrogens is 264 g/mol. The van der Waals surface area contributed by atoms with Gasteiger partial charge in [0.15, 0.2) is 6.04 Å². The number of hydrogen-bond acceptors (Lipinski definition) is 5. The number of carbonyl (C=O) groups excluding carboxylic acids is 1. The third-order valence-electron chi connectivity index (χ3n) is 2.28. The highest BCUT2D eigenvalue weighted by atomic mass is 16.6. The number of alkyl carbamates (subject to hydrolysis) is 1. The lowest BCUT2D eigenvalue weighted by molar-refractivity contribution is -0.142. The molecule has 0 spiro atoms. The Morgan fingerprint density at radius 1 is 1.40 bits per heavy atom. The fraction of sp³-hybridized carbons (Fsp3) is 0.462. The fourth-order valence-corrected chi connectivity index (χ4v) is 1.45. The number of carboxylic acid groups (broad SMARTS) is 1. The topological polar surface area (TPSA) is 109 Å². The van der Waals surface area contributed by atoms with Gasteiger partial charge in [-0.1, -0.05) is 6.07 Å². The molecule has 1 amide bonds. The quantitative estimate of drug-likeness (QED) is 0.762. The predicted molar refractivity (Wildman–Crippen MR) is 70.0 cm³/mol. The van der Waals surface area contributed by atoms with Gasteiger partial charge in [-0.25, -0.2) is 9.59 Å².